The van der Waals surface area contributed by atoms with Crippen molar-refractivity contribution in [1.29, 1.82) is 0 Å². The summed E-state index contributed by atoms with van der Waals surface area (Å²) < 4.78 is -6.22. The Morgan fingerprint density at radius 3 is 0.636 bits per heavy atom. The minimum atomic E-state index is -2.09. The third-order valence-corrected chi connectivity index (χ3v) is 4.71. The first kappa shape index (κ1) is 13.3. The Balaban J connectivity index is 4.75. The molecule has 11 heavy (non-hydrogen) atoms. The largest absolute Gasteiger partial charge is 0.227 e. The molecule has 0 unspecified atom stereocenters. The molecule has 0 atom stereocenters. The first-order valence-corrected chi connectivity index (χ1v) is 5.04. The van der Waals surface area contributed by atoms with Crippen LogP contribution in [-0.4, -0.2) is 11.9 Å². The number of alkyl halides is 8. The summed E-state index contributed by atoms with van der Waals surface area (Å²) in [7, 11) is 0. The second-order valence-corrected chi connectivity index (χ2v) is 7.46. The summed E-state index contributed by atoms with van der Waals surface area (Å²) in [5, 5.41) is 0. The second-order valence-electron chi connectivity index (χ2n) is 1.57. The van der Waals surface area contributed by atoms with Crippen molar-refractivity contribution >= 4 is 92.8 Å². The average Bonchev–Trinajstić information content (AvgIpc) is 1.58. The van der Waals surface area contributed by atoms with Crippen LogP contribution >= 0.6 is 92.8 Å². The summed E-state index contributed by atoms with van der Waals surface area (Å²) in [6.07, 6.45) is 0. The van der Waals surface area contributed by atoms with Gasteiger partial charge in [-0.15, -0.1) is 0 Å². The third-order valence-electron chi connectivity index (χ3n) is 0.712. The van der Waals surface area contributed by atoms with Gasteiger partial charge in [0.1, 0.15) is 0 Å². The van der Waals surface area contributed by atoms with E-state index in [0.29, 0.717) is 0 Å². The topological polar surface area (TPSA) is 0 Å². The van der Waals surface area contributed by atoms with E-state index in [4.69, 9.17) is 92.8 Å². The van der Waals surface area contributed by atoms with Gasteiger partial charge in [0.15, 0.2) is 0 Å². The van der Waals surface area contributed by atoms with Gasteiger partial charge in [0.25, 0.3) is 0 Å². The highest BCUT2D eigenvalue weighted by atomic mass is 35.6. The van der Waals surface area contributed by atoms with Gasteiger partial charge < -0.3 is 0 Å². The first-order chi connectivity index (χ1) is 4.50. The highest BCUT2D eigenvalue weighted by Crippen LogP contribution is 2.57. The monoisotopic (exact) mass is 316 g/mol. The maximum atomic E-state index is 5.46. The molecule has 0 aliphatic carbocycles. The lowest BCUT2D eigenvalue weighted by Gasteiger charge is -2.32. The van der Waals surface area contributed by atoms with E-state index in [9.17, 15) is 0 Å². The number of rotatable bonds is 0. The van der Waals surface area contributed by atoms with Crippen LogP contribution in [0.1, 0.15) is 0 Å². The van der Waals surface area contributed by atoms with Gasteiger partial charge in [-0.25, -0.2) is 0 Å². The molecule has 0 aliphatic rings. The second kappa shape index (κ2) is 3.82. The van der Waals surface area contributed by atoms with Crippen LogP contribution in [0.25, 0.3) is 0 Å². The molecule has 0 amide bonds. The van der Waals surface area contributed by atoms with Crippen molar-refractivity contribution in [3.8, 4) is 0 Å². The number of halogens is 8. The molecule has 0 aromatic carbocycles. The van der Waals surface area contributed by atoms with Crippen molar-refractivity contribution in [2.75, 3.05) is 0 Å². The van der Waals surface area contributed by atoms with Crippen LogP contribution in [0.3, 0.4) is 0 Å². The van der Waals surface area contributed by atoms with Crippen molar-refractivity contribution in [1.82, 2.24) is 0 Å². The number of hydrogen-bond donors (Lipinski definition) is 0. The third kappa shape index (κ3) is 3.18. The van der Waals surface area contributed by atoms with Crippen LogP contribution in [0.15, 0.2) is 0 Å². The molecule has 0 nitrogen and oxygen atoms in total. The molecule has 0 aromatic heterocycles. The molecule has 0 N–H and O–H groups in total. The van der Waals surface area contributed by atoms with E-state index in [1.54, 1.807) is 0 Å². The molecule has 0 saturated carbocycles. The highest BCUT2D eigenvalue weighted by molar-refractivity contribution is 6.83. The van der Waals surface area contributed by atoms with E-state index in [2.05, 4.69) is 0 Å². The zero-order chi connectivity index (χ0) is 9.50. The van der Waals surface area contributed by atoms with Gasteiger partial charge in [-0.05, 0) is 0 Å². The Kier molecular flexibility index (Phi) is 4.63. The molecule has 0 rings (SSSR count). The van der Waals surface area contributed by atoms with Crippen LogP contribution in [0.2, 0.25) is 0 Å². The van der Waals surface area contributed by atoms with Crippen molar-refractivity contribution in [3.05, 3.63) is 0 Å². The van der Waals surface area contributed by atoms with Crippen molar-refractivity contribution in [2.45, 2.75) is 11.9 Å². The van der Waals surface area contributed by atoms with Crippen molar-refractivity contribution in [3.63, 3.8) is 0 Å². The highest BCUT2D eigenvalue weighted by Gasteiger charge is 2.59. The van der Waals surface area contributed by atoms with Gasteiger partial charge in [-0.1, -0.05) is 92.8 Å². The minimum Gasteiger partial charge on any atom is -0.0920 e. The maximum absolute atomic E-state index is 5.46. The first-order valence-electron chi connectivity index (χ1n) is 2.01. The number of hydrogen-bond acceptors (Lipinski definition) is 0. The standard InChI is InChI=1S/C3Cl8/c4-1(5,2(6,7)8)3(9,10)11. The Hall–Kier alpha value is 2.32. The fraction of sp³-hybridized carbons (Fsp3) is 1.00. The lowest BCUT2D eigenvalue weighted by molar-refractivity contribution is 0.818. The molecular formula is C3Cl8. The summed E-state index contributed by atoms with van der Waals surface area (Å²) in [6.45, 7) is 0. The molecule has 0 aromatic rings. The normalized spacial score (nSPS) is 15.3. The Morgan fingerprint density at radius 2 is 0.636 bits per heavy atom. The average molecular weight is 320 g/mol. The van der Waals surface area contributed by atoms with Gasteiger partial charge in [0.2, 0.25) is 11.9 Å². The Morgan fingerprint density at radius 1 is 0.455 bits per heavy atom. The van der Waals surface area contributed by atoms with E-state index in [1.807, 2.05) is 0 Å². The van der Waals surface area contributed by atoms with Crippen molar-refractivity contribution in [2.24, 2.45) is 0 Å². The minimum absolute atomic E-state index is 2.07. The predicted octanol–water partition coefficient (Wildman–Crippen LogP) is 4.90. The molecule has 8 heteroatoms. The summed E-state index contributed by atoms with van der Waals surface area (Å²) >= 11 is 42.9. The van der Waals surface area contributed by atoms with E-state index in [1.165, 1.54) is 0 Å². The predicted molar refractivity (Wildman–Crippen MR) is 55.0 cm³/mol. The maximum Gasteiger partial charge on any atom is 0.227 e. The molecule has 68 valence electrons. The Labute approximate surface area is 104 Å². The molecule has 0 heterocycles. The van der Waals surface area contributed by atoms with E-state index < -0.39 is 11.9 Å². The van der Waals surface area contributed by atoms with Gasteiger partial charge in [-0.2, -0.15) is 0 Å². The van der Waals surface area contributed by atoms with E-state index >= 15 is 0 Å². The van der Waals surface area contributed by atoms with Crippen LogP contribution in [-0.2, 0) is 0 Å². The van der Waals surface area contributed by atoms with E-state index in [-0.39, 0.29) is 0 Å². The van der Waals surface area contributed by atoms with Gasteiger partial charge in [0, 0.05) is 0 Å². The summed E-state index contributed by atoms with van der Waals surface area (Å²) in [4.78, 5) is 0. The summed E-state index contributed by atoms with van der Waals surface area (Å²) in [5.74, 6) is 0. The van der Waals surface area contributed by atoms with E-state index in [0.717, 1.165) is 0 Å². The molecule has 0 aliphatic heterocycles. The zero-order valence-corrected chi connectivity index (χ0v) is 10.6. The fourth-order valence-corrected chi connectivity index (χ4v) is 1.45. The van der Waals surface area contributed by atoms with Crippen LogP contribution in [0.4, 0.5) is 0 Å². The zero-order valence-electron chi connectivity index (χ0n) is 4.52. The molecule has 0 fully saturated rings. The smallest absolute Gasteiger partial charge is 0.0920 e. The molecular weight excluding hydrogens is 320 g/mol. The molecule has 0 bridgehead atoms. The van der Waals surface area contributed by atoms with Gasteiger partial charge >= 0.3 is 0 Å². The fourth-order valence-electron chi connectivity index (χ4n) is 0.161. The quantitative estimate of drug-likeness (QED) is 0.557. The van der Waals surface area contributed by atoms with Crippen LogP contribution in [0.5, 0.6) is 0 Å². The molecule has 0 radical (unpaired) electrons. The summed E-state index contributed by atoms with van der Waals surface area (Å²) in [6, 6.07) is 0. The van der Waals surface area contributed by atoms with Crippen LogP contribution < -0.4 is 0 Å². The molecule has 0 spiro atoms. The summed E-state index contributed by atoms with van der Waals surface area (Å²) in [5.41, 5.74) is 0. The lowest BCUT2D eigenvalue weighted by Crippen LogP contribution is -2.43. The van der Waals surface area contributed by atoms with Crippen molar-refractivity contribution < 1.29 is 0 Å². The Bertz CT molecular complexity index is 120. The lowest BCUT2D eigenvalue weighted by atomic mass is 10.5. The van der Waals surface area contributed by atoms with Gasteiger partial charge in [-0.3, -0.25) is 0 Å². The van der Waals surface area contributed by atoms with Gasteiger partial charge in [0.05, 0.1) is 0 Å². The molecule has 0 saturated heterocycles. The SMILES string of the molecule is ClC(Cl)(Cl)C(Cl)(Cl)C(Cl)(Cl)Cl. The van der Waals surface area contributed by atoms with Crippen LogP contribution in [0, 0.1) is 0 Å².